The number of hydrogen-bond donors (Lipinski definition) is 0. The summed E-state index contributed by atoms with van der Waals surface area (Å²) >= 11 is 0. The number of rotatable bonds is 4. The zero-order valence-corrected chi connectivity index (χ0v) is 14.4. The fourth-order valence-corrected chi connectivity index (χ4v) is 3.78. The van der Waals surface area contributed by atoms with Crippen molar-refractivity contribution in [1.82, 2.24) is 14.3 Å². The highest BCUT2D eigenvalue weighted by Gasteiger charge is 2.25. The zero-order valence-electron chi connectivity index (χ0n) is 13.5. The molecule has 1 saturated heterocycles. The molecule has 24 heavy (non-hydrogen) atoms. The molecule has 0 aliphatic carbocycles. The number of piperazine rings is 1. The van der Waals surface area contributed by atoms with Crippen LogP contribution in [0.5, 0.6) is 0 Å². The smallest absolute Gasteiger partial charge is 0.236 e. The molecule has 0 amide bonds. The molecule has 2 heterocycles. The van der Waals surface area contributed by atoms with Crippen LogP contribution in [-0.4, -0.2) is 48.9 Å². The molecule has 6 nitrogen and oxygen atoms in total. The van der Waals surface area contributed by atoms with E-state index in [1.54, 1.807) is 12.3 Å². The maximum Gasteiger partial charge on any atom is 0.236 e. The van der Waals surface area contributed by atoms with Gasteiger partial charge in [0.2, 0.25) is 10.0 Å². The molecule has 0 saturated carbocycles. The van der Waals surface area contributed by atoms with Crippen molar-refractivity contribution in [3.05, 3.63) is 59.4 Å². The van der Waals surface area contributed by atoms with Gasteiger partial charge in [-0.15, -0.1) is 0 Å². The first-order valence-corrected chi connectivity index (χ1v) is 9.33. The molecular formula is C17H20N4O2S. The number of anilines is 1. The van der Waals surface area contributed by atoms with Gasteiger partial charge in [-0.2, -0.15) is 4.31 Å². The summed E-state index contributed by atoms with van der Waals surface area (Å²) in [6, 6.07) is 11.3. The van der Waals surface area contributed by atoms with Gasteiger partial charge in [-0.1, -0.05) is 30.3 Å². The van der Waals surface area contributed by atoms with Crippen molar-refractivity contribution in [2.24, 2.45) is 0 Å². The minimum absolute atomic E-state index is 0.449. The average Bonchev–Trinajstić information content (AvgIpc) is 2.61. The summed E-state index contributed by atoms with van der Waals surface area (Å²) in [6.45, 7) is 3.98. The van der Waals surface area contributed by atoms with Gasteiger partial charge >= 0.3 is 0 Å². The Balaban J connectivity index is 1.64. The molecule has 0 radical (unpaired) electrons. The number of aromatic nitrogens is 2. The van der Waals surface area contributed by atoms with E-state index < -0.39 is 10.0 Å². The van der Waals surface area contributed by atoms with Crippen molar-refractivity contribution in [2.45, 2.75) is 6.92 Å². The maximum atomic E-state index is 12.5. The van der Waals surface area contributed by atoms with Crippen LogP contribution in [0, 0.1) is 6.92 Å². The van der Waals surface area contributed by atoms with E-state index in [9.17, 15) is 8.42 Å². The van der Waals surface area contributed by atoms with E-state index in [0.717, 1.165) is 11.4 Å². The van der Waals surface area contributed by atoms with E-state index in [0.29, 0.717) is 32.0 Å². The van der Waals surface area contributed by atoms with Crippen LogP contribution >= 0.6 is 0 Å². The number of sulfonamides is 1. The van der Waals surface area contributed by atoms with E-state index in [1.165, 1.54) is 9.71 Å². The Bertz CT molecular complexity index is 813. The first-order valence-electron chi connectivity index (χ1n) is 7.82. The first-order chi connectivity index (χ1) is 11.5. The van der Waals surface area contributed by atoms with E-state index in [-0.39, 0.29) is 0 Å². The number of aryl methyl sites for hydroxylation is 1. The lowest BCUT2D eigenvalue weighted by atomic mass is 10.2. The number of nitrogens with zero attached hydrogens (tertiary/aromatic N) is 4. The fraction of sp³-hybridized carbons (Fsp3) is 0.294. The third kappa shape index (κ3) is 3.98. The first kappa shape index (κ1) is 16.6. The van der Waals surface area contributed by atoms with Crippen LogP contribution in [-0.2, 0) is 10.0 Å². The van der Waals surface area contributed by atoms with Crippen molar-refractivity contribution < 1.29 is 8.42 Å². The van der Waals surface area contributed by atoms with Crippen LogP contribution in [0.25, 0.3) is 6.08 Å². The third-order valence-corrected chi connectivity index (χ3v) is 5.48. The molecule has 3 rings (SSSR count). The van der Waals surface area contributed by atoms with Gasteiger partial charge in [0, 0.05) is 37.8 Å². The quantitative estimate of drug-likeness (QED) is 0.848. The highest BCUT2D eigenvalue weighted by Crippen LogP contribution is 2.16. The standard InChI is InChI=1S/C17H20N4O2S/c1-15-18-9-7-17(19-15)20-10-12-21(13-11-20)24(22,23)14-8-16-5-3-2-4-6-16/h2-9,14H,10-13H2,1H3. The molecule has 1 aromatic carbocycles. The minimum Gasteiger partial charge on any atom is -0.354 e. The Morgan fingerprint density at radius 3 is 2.42 bits per heavy atom. The second-order valence-electron chi connectivity index (χ2n) is 5.61. The predicted molar refractivity (Wildman–Crippen MR) is 95.0 cm³/mol. The summed E-state index contributed by atoms with van der Waals surface area (Å²) in [5.74, 6) is 1.56. The second kappa shape index (κ2) is 7.11. The number of hydrogen-bond acceptors (Lipinski definition) is 5. The topological polar surface area (TPSA) is 66.4 Å². The Labute approximate surface area is 142 Å². The second-order valence-corrected chi connectivity index (χ2v) is 7.43. The van der Waals surface area contributed by atoms with Crippen molar-refractivity contribution >= 4 is 21.9 Å². The lowest BCUT2D eigenvalue weighted by Gasteiger charge is -2.34. The fourth-order valence-electron chi connectivity index (χ4n) is 2.61. The monoisotopic (exact) mass is 344 g/mol. The van der Waals surface area contributed by atoms with Gasteiger partial charge in [0.05, 0.1) is 0 Å². The SMILES string of the molecule is Cc1nccc(N2CCN(S(=O)(=O)C=Cc3ccccc3)CC2)n1. The van der Waals surface area contributed by atoms with Crippen LogP contribution in [0.1, 0.15) is 11.4 Å². The van der Waals surface area contributed by atoms with Gasteiger partial charge < -0.3 is 4.90 Å². The summed E-state index contributed by atoms with van der Waals surface area (Å²) in [5.41, 5.74) is 0.871. The summed E-state index contributed by atoms with van der Waals surface area (Å²) < 4.78 is 26.4. The van der Waals surface area contributed by atoms with Crippen LogP contribution in [0.4, 0.5) is 5.82 Å². The van der Waals surface area contributed by atoms with Gasteiger partial charge in [-0.05, 0) is 24.6 Å². The predicted octanol–water partition coefficient (Wildman–Crippen LogP) is 1.91. The maximum absolute atomic E-state index is 12.5. The molecular weight excluding hydrogens is 324 g/mol. The minimum atomic E-state index is -3.40. The molecule has 1 aliphatic rings. The lowest BCUT2D eigenvalue weighted by Crippen LogP contribution is -2.48. The summed E-state index contributed by atoms with van der Waals surface area (Å²) in [4.78, 5) is 10.6. The zero-order chi connectivity index (χ0) is 17.0. The molecule has 2 aromatic rings. The highest BCUT2D eigenvalue weighted by molar-refractivity contribution is 7.92. The Morgan fingerprint density at radius 1 is 1.04 bits per heavy atom. The van der Waals surface area contributed by atoms with Crippen molar-refractivity contribution in [3.63, 3.8) is 0 Å². The van der Waals surface area contributed by atoms with Crippen LogP contribution in [0.15, 0.2) is 48.0 Å². The largest absolute Gasteiger partial charge is 0.354 e. The van der Waals surface area contributed by atoms with E-state index >= 15 is 0 Å². The molecule has 0 bridgehead atoms. The van der Waals surface area contributed by atoms with Gasteiger partial charge in [0.15, 0.2) is 0 Å². The normalized spacial score (nSPS) is 16.6. The average molecular weight is 344 g/mol. The molecule has 1 aliphatic heterocycles. The van der Waals surface area contributed by atoms with E-state index in [1.807, 2.05) is 43.3 Å². The molecule has 1 aromatic heterocycles. The van der Waals surface area contributed by atoms with Gasteiger partial charge in [0.25, 0.3) is 0 Å². The van der Waals surface area contributed by atoms with E-state index in [2.05, 4.69) is 14.9 Å². The highest BCUT2D eigenvalue weighted by atomic mass is 32.2. The number of benzene rings is 1. The molecule has 0 unspecified atom stereocenters. The van der Waals surface area contributed by atoms with Crippen LogP contribution < -0.4 is 4.90 Å². The molecule has 126 valence electrons. The molecule has 1 fully saturated rings. The van der Waals surface area contributed by atoms with Crippen LogP contribution in [0.3, 0.4) is 0 Å². The van der Waals surface area contributed by atoms with Crippen molar-refractivity contribution in [2.75, 3.05) is 31.1 Å². The molecule has 0 atom stereocenters. The Hall–Kier alpha value is -2.25. The molecule has 0 spiro atoms. The lowest BCUT2D eigenvalue weighted by molar-refractivity contribution is 0.388. The summed E-state index contributed by atoms with van der Waals surface area (Å²) in [7, 11) is -3.40. The summed E-state index contributed by atoms with van der Waals surface area (Å²) in [5, 5.41) is 1.28. The molecule has 7 heteroatoms. The Kier molecular flexibility index (Phi) is 4.92. The third-order valence-electron chi connectivity index (χ3n) is 3.92. The van der Waals surface area contributed by atoms with Gasteiger partial charge in [-0.3, -0.25) is 0 Å². The van der Waals surface area contributed by atoms with Crippen molar-refractivity contribution in [3.8, 4) is 0 Å². The van der Waals surface area contributed by atoms with Gasteiger partial charge in [0.1, 0.15) is 11.6 Å². The van der Waals surface area contributed by atoms with E-state index in [4.69, 9.17) is 0 Å². The van der Waals surface area contributed by atoms with Crippen molar-refractivity contribution in [1.29, 1.82) is 0 Å². The summed E-state index contributed by atoms with van der Waals surface area (Å²) in [6.07, 6.45) is 3.36. The van der Waals surface area contributed by atoms with Crippen LogP contribution in [0.2, 0.25) is 0 Å². The Morgan fingerprint density at radius 2 is 1.75 bits per heavy atom. The molecule has 0 N–H and O–H groups in total. The van der Waals surface area contributed by atoms with Gasteiger partial charge in [-0.25, -0.2) is 18.4 Å².